The van der Waals surface area contributed by atoms with Crippen molar-refractivity contribution in [2.75, 3.05) is 19.0 Å². The predicted molar refractivity (Wildman–Crippen MR) is 80.6 cm³/mol. The molecule has 7 nitrogen and oxygen atoms in total. The number of carbonyl (C=O) groups is 2. The van der Waals surface area contributed by atoms with Crippen LogP contribution < -0.4 is 10.6 Å². The quantitative estimate of drug-likeness (QED) is 0.719. The number of nitrogens with zero attached hydrogens (tertiary/aromatic N) is 1. The number of urea groups is 1. The second-order valence-electron chi connectivity index (χ2n) is 5.49. The number of rotatable bonds is 5. The molecular formula is C15H21N3O4. The van der Waals surface area contributed by atoms with Gasteiger partial charge in [0.15, 0.2) is 0 Å². The van der Waals surface area contributed by atoms with E-state index in [1.807, 2.05) is 0 Å². The summed E-state index contributed by atoms with van der Waals surface area (Å²) >= 11 is 0. The first-order valence-electron chi connectivity index (χ1n) is 7.32. The van der Waals surface area contributed by atoms with Crippen molar-refractivity contribution in [3.05, 3.63) is 24.0 Å². The van der Waals surface area contributed by atoms with Crippen LogP contribution in [0.4, 0.5) is 10.5 Å². The Balaban J connectivity index is 2.01. The highest BCUT2D eigenvalue weighted by Crippen LogP contribution is 2.32. The Kier molecular flexibility index (Phi) is 5.32. The van der Waals surface area contributed by atoms with Crippen LogP contribution >= 0.6 is 0 Å². The molecule has 1 aromatic rings. The van der Waals surface area contributed by atoms with Crippen LogP contribution in [-0.2, 0) is 4.74 Å². The van der Waals surface area contributed by atoms with E-state index >= 15 is 0 Å². The Bertz CT molecular complexity index is 541. The molecule has 3 N–H and O–H groups in total. The molecule has 0 aliphatic heterocycles. The molecule has 22 heavy (non-hydrogen) atoms. The maximum Gasteiger partial charge on any atom is 0.339 e. The van der Waals surface area contributed by atoms with E-state index < -0.39 is 5.97 Å². The molecule has 7 heteroatoms. The van der Waals surface area contributed by atoms with E-state index in [2.05, 4.69) is 20.4 Å². The van der Waals surface area contributed by atoms with Crippen LogP contribution in [0.15, 0.2) is 18.5 Å². The number of ether oxygens (including phenoxy) is 1. The molecule has 1 aromatic heterocycles. The van der Waals surface area contributed by atoms with Gasteiger partial charge >= 0.3 is 12.0 Å². The van der Waals surface area contributed by atoms with Crippen LogP contribution in [0.2, 0.25) is 0 Å². The first-order chi connectivity index (χ1) is 10.6. The largest absolute Gasteiger partial charge is 0.465 e. The molecule has 1 fully saturated rings. The molecule has 2 amide bonds. The Labute approximate surface area is 129 Å². The molecular weight excluding hydrogens is 286 g/mol. The summed E-state index contributed by atoms with van der Waals surface area (Å²) in [6.45, 7) is 0.0413. The maximum atomic E-state index is 12.2. The minimum absolute atomic E-state index is 0.0413. The zero-order chi connectivity index (χ0) is 16.0. The van der Waals surface area contributed by atoms with Crippen LogP contribution in [0.3, 0.4) is 0 Å². The number of carbonyl (C=O) groups excluding carboxylic acids is 2. The molecule has 0 unspecified atom stereocenters. The van der Waals surface area contributed by atoms with Gasteiger partial charge in [-0.25, -0.2) is 9.59 Å². The summed E-state index contributed by atoms with van der Waals surface area (Å²) in [5.41, 5.74) is 0.343. The number of aromatic nitrogens is 1. The average Bonchev–Trinajstić information content (AvgIpc) is 2.95. The van der Waals surface area contributed by atoms with E-state index in [-0.39, 0.29) is 23.7 Å². The van der Waals surface area contributed by atoms with E-state index in [1.165, 1.54) is 25.6 Å². The van der Waals surface area contributed by atoms with Crippen molar-refractivity contribution >= 4 is 17.7 Å². The number of hydrogen-bond donors (Lipinski definition) is 3. The molecule has 2 rings (SSSR count). The topological polar surface area (TPSA) is 101 Å². The fourth-order valence-electron chi connectivity index (χ4n) is 2.84. The van der Waals surface area contributed by atoms with E-state index in [4.69, 9.17) is 0 Å². The van der Waals surface area contributed by atoms with Gasteiger partial charge in [-0.05, 0) is 25.3 Å². The summed E-state index contributed by atoms with van der Waals surface area (Å²) in [6.07, 6.45) is 7.18. The second kappa shape index (κ2) is 7.22. The highest BCUT2D eigenvalue weighted by molar-refractivity contribution is 5.93. The lowest BCUT2D eigenvalue weighted by Crippen LogP contribution is -2.48. The molecule has 1 heterocycles. The smallest absolute Gasteiger partial charge is 0.339 e. The Morgan fingerprint density at radius 3 is 2.73 bits per heavy atom. The van der Waals surface area contributed by atoms with Gasteiger partial charge in [0.05, 0.1) is 24.6 Å². The number of esters is 1. The van der Waals surface area contributed by atoms with E-state index in [9.17, 15) is 14.7 Å². The van der Waals surface area contributed by atoms with Crippen molar-refractivity contribution in [3.8, 4) is 0 Å². The highest BCUT2D eigenvalue weighted by Gasteiger charge is 2.34. The number of aliphatic hydroxyl groups excluding tert-OH is 1. The molecule has 0 aromatic carbocycles. The van der Waals surface area contributed by atoms with Crippen molar-refractivity contribution < 1.29 is 19.4 Å². The molecule has 0 saturated heterocycles. The van der Waals surface area contributed by atoms with Crippen LogP contribution in [0, 0.1) is 0 Å². The van der Waals surface area contributed by atoms with E-state index in [1.54, 1.807) is 0 Å². The predicted octanol–water partition coefficient (Wildman–Crippen LogP) is 1.68. The first kappa shape index (κ1) is 16.2. The normalized spacial score (nSPS) is 16.1. The maximum absolute atomic E-state index is 12.2. The zero-order valence-electron chi connectivity index (χ0n) is 12.6. The standard InChI is InChI=1S/C15H21N3O4/c1-22-13(20)11-8-12(10-16-9-11)17-14(21)18-15(6-7-19)4-2-3-5-15/h8-10,19H,2-7H2,1H3,(H2,17,18,21). The number of anilines is 1. The van der Waals surface area contributed by atoms with Crippen molar-refractivity contribution in [1.82, 2.24) is 10.3 Å². The number of methoxy groups -OCH3 is 1. The fraction of sp³-hybridized carbons (Fsp3) is 0.533. The van der Waals surface area contributed by atoms with Gasteiger partial charge in [0.2, 0.25) is 0 Å². The lowest BCUT2D eigenvalue weighted by molar-refractivity contribution is 0.0600. The minimum atomic E-state index is -0.510. The van der Waals surface area contributed by atoms with Crippen molar-refractivity contribution in [2.45, 2.75) is 37.6 Å². The van der Waals surface area contributed by atoms with Crippen LogP contribution in [-0.4, -0.2) is 41.3 Å². The number of nitrogens with one attached hydrogen (secondary N) is 2. The van der Waals surface area contributed by atoms with Gasteiger partial charge in [-0.1, -0.05) is 12.8 Å². The van der Waals surface area contributed by atoms with Gasteiger partial charge in [-0.3, -0.25) is 4.98 Å². The summed E-state index contributed by atoms with van der Waals surface area (Å²) in [5, 5.41) is 14.8. The van der Waals surface area contributed by atoms with Gasteiger partial charge < -0.3 is 20.5 Å². The van der Waals surface area contributed by atoms with Gasteiger partial charge in [0, 0.05) is 18.3 Å². The van der Waals surface area contributed by atoms with E-state index in [0.717, 1.165) is 25.7 Å². The summed E-state index contributed by atoms with van der Waals surface area (Å²) in [5.74, 6) is -0.510. The third-order valence-corrected chi connectivity index (χ3v) is 3.95. The van der Waals surface area contributed by atoms with E-state index in [0.29, 0.717) is 12.1 Å². The van der Waals surface area contributed by atoms with Crippen LogP contribution in [0.1, 0.15) is 42.5 Å². The fourth-order valence-corrected chi connectivity index (χ4v) is 2.84. The Morgan fingerprint density at radius 1 is 1.36 bits per heavy atom. The summed E-state index contributed by atoms with van der Waals surface area (Å²) in [6, 6.07) is 1.14. The Hall–Kier alpha value is -2.15. The van der Waals surface area contributed by atoms with Gasteiger partial charge in [-0.2, -0.15) is 0 Å². The van der Waals surface area contributed by atoms with Gasteiger partial charge in [0.1, 0.15) is 0 Å². The molecule has 0 atom stereocenters. The average molecular weight is 307 g/mol. The van der Waals surface area contributed by atoms with Crippen molar-refractivity contribution in [3.63, 3.8) is 0 Å². The molecule has 1 saturated carbocycles. The first-order valence-corrected chi connectivity index (χ1v) is 7.32. The molecule has 0 spiro atoms. The third-order valence-electron chi connectivity index (χ3n) is 3.95. The third kappa shape index (κ3) is 3.94. The number of amides is 2. The lowest BCUT2D eigenvalue weighted by Gasteiger charge is -2.29. The van der Waals surface area contributed by atoms with Crippen LogP contribution in [0.5, 0.6) is 0 Å². The summed E-state index contributed by atoms with van der Waals surface area (Å²) in [7, 11) is 1.29. The van der Waals surface area contributed by atoms with Crippen molar-refractivity contribution in [2.24, 2.45) is 0 Å². The summed E-state index contributed by atoms with van der Waals surface area (Å²) in [4.78, 5) is 27.5. The van der Waals surface area contributed by atoms with Gasteiger partial charge in [0.25, 0.3) is 0 Å². The monoisotopic (exact) mass is 307 g/mol. The molecule has 0 bridgehead atoms. The highest BCUT2D eigenvalue weighted by atomic mass is 16.5. The number of pyridine rings is 1. The zero-order valence-corrected chi connectivity index (χ0v) is 12.6. The molecule has 120 valence electrons. The Morgan fingerprint density at radius 2 is 2.09 bits per heavy atom. The molecule has 1 aliphatic carbocycles. The minimum Gasteiger partial charge on any atom is -0.465 e. The second-order valence-corrected chi connectivity index (χ2v) is 5.49. The molecule has 1 aliphatic rings. The van der Waals surface area contributed by atoms with Gasteiger partial charge in [-0.15, -0.1) is 0 Å². The molecule has 0 radical (unpaired) electrons. The SMILES string of the molecule is COC(=O)c1cncc(NC(=O)NC2(CCO)CCCC2)c1. The number of aliphatic hydroxyl groups is 1. The van der Waals surface area contributed by atoms with Crippen molar-refractivity contribution in [1.29, 1.82) is 0 Å². The summed E-state index contributed by atoms with van der Waals surface area (Å²) < 4.78 is 4.62. The lowest BCUT2D eigenvalue weighted by atomic mass is 9.94. The van der Waals surface area contributed by atoms with Crippen LogP contribution in [0.25, 0.3) is 0 Å². The number of hydrogen-bond acceptors (Lipinski definition) is 5.